The summed E-state index contributed by atoms with van der Waals surface area (Å²) in [5.41, 5.74) is 0. The molecule has 1 N–H and O–H groups in total. The van der Waals surface area contributed by atoms with E-state index in [-0.39, 0.29) is 5.91 Å². The second-order valence-electron chi connectivity index (χ2n) is 5.16. The highest BCUT2D eigenvalue weighted by atomic mass is 16.6. The van der Waals surface area contributed by atoms with Gasteiger partial charge in [0.05, 0.1) is 59.5 Å². The largest absolute Gasteiger partial charge is 0.379 e. The van der Waals surface area contributed by atoms with Gasteiger partial charge in [0, 0.05) is 19.6 Å². The first-order valence-corrected chi connectivity index (χ1v) is 8.96. The van der Waals surface area contributed by atoms with Crippen LogP contribution in [0.4, 0.5) is 0 Å². The molecule has 0 saturated heterocycles. The van der Waals surface area contributed by atoms with Gasteiger partial charge in [-0.15, -0.1) is 0 Å². The van der Waals surface area contributed by atoms with Crippen molar-refractivity contribution in [3.8, 4) is 0 Å². The van der Waals surface area contributed by atoms with E-state index in [1.165, 1.54) is 0 Å². The van der Waals surface area contributed by atoms with Gasteiger partial charge in [-0.05, 0) is 12.8 Å². The molecular weight excluding hydrogens is 314 g/mol. The molecule has 24 heavy (non-hydrogen) atoms. The van der Waals surface area contributed by atoms with E-state index in [2.05, 4.69) is 12.2 Å². The summed E-state index contributed by atoms with van der Waals surface area (Å²) >= 11 is 0. The quantitative estimate of drug-likeness (QED) is 0.355. The van der Waals surface area contributed by atoms with E-state index in [1.807, 2.05) is 6.92 Å². The number of carbonyl (C=O) groups is 1. The van der Waals surface area contributed by atoms with Gasteiger partial charge in [-0.1, -0.05) is 13.8 Å². The van der Waals surface area contributed by atoms with Crippen LogP contribution in [0.1, 0.15) is 33.1 Å². The van der Waals surface area contributed by atoms with Gasteiger partial charge in [-0.25, -0.2) is 0 Å². The first-order chi connectivity index (χ1) is 11.8. The molecule has 0 aromatic heterocycles. The smallest absolute Gasteiger partial charge is 0.220 e. The molecule has 0 spiro atoms. The Labute approximate surface area is 146 Å². The first kappa shape index (κ1) is 23.3. The fraction of sp³-hybridized carbons (Fsp3) is 0.941. The second-order valence-corrected chi connectivity index (χ2v) is 5.16. The normalized spacial score (nSPS) is 10.9. The highest BCUT2D eigenvalue weighted by Gasteiger charge is 1.97. The third-order valence-corrected chi connectivity index (χ3v) is 2.88. The Morgan fingerprint density at radius 2 is 1.04 bits per heavy atom. The third-order valence-electron chi connectivity index (χ3n) is 2.88. The molecule has 0 aliphatic heterocycles. The van der Waals surface area contributed by atoms with Gasteiger partial charge < -0.3 is 29.0 Å². The van der Waals surface area contributed by atoms with Crippen molar-refractivity contribution in [2.75, 3.05) is 72.6 Å². The summed E-state index contributed by atoms with van der Waals surface area (Å²) in [5, 5.41) is 2.79. The summed E-state index contributed by atoms with van der Waals surface area (Å²) in [6.07, 6.45) is 2.46. The predicted octanol–water partition coefficient (Wildman–Crippen LogP) is 1.40. The Hall–Kier alpha value is -0.730. The maximum Gasteiger partial charge on any atom is 0.220 e. The summed E-state index contributed by atoms with van der Waals surface area (Å²) in [4.78, 5) is 11.2. The number of amides is 1. The summed E-state index contributed by atoms with van der Waals surface area (Å²) < 4.78 is 26.7. The lowest BCUT2D eigenvalue weighted by atomic mass is 10.3. The maximum absolute atomic E-state index is 11.2. The Kier molecular flexibility index (Phi) is 19.7. The van der Waals surface area contributed by atoms with E-state index in [0.717, 1.165) is 19.4 Å². The van der Waals surface area contributed by atoms with Crippen LogP contribution in [0.3, 0.4) is 0 Å². The molecule has 0 aliphatic carbocycles. The zero-order chi connectivity index (χ0) is 17.7. The van der Waals surface area contributed by atoms with Crippen molar-refractivity contribution in [3.05, 3.63) is 0 Å². The van der Waals surface area contributed by atoms with E-state index < -0.39 is 0 Å². The van der Waals surface area contributed by atoms with Crippen LogP contribution in [-0.2, 0) is 28.5 Å². The molecule has 0 aromatic carbocycles. The lowest BCUT2D eigenvalue weighted by Crippen LogP contribution is -2.27. The molecule has 0 aliphatic rings. The molecule has 0 heterocycles. The van der Waals surface area contributed by atoms with Gasteiger partial charge in [0.2, 0.25) is 5.91 Å². The maximum atomic E-state index is 11.2. The molecular formula is C17H35NO6. The van der Waals surface area contributed by atoms with Crippen molar-refractivity contribution in [1.29, 1.82) is 0 Å². The number of hydrogen-bond donors (Lipinski definition) is 1. The fourth-order valence-corrected chi connectivity index (χ4v) is 1.70. The predicted molar refractivity (Wildman–Crippen MR) is 92.3 cm³/mol. The van der Waals surface area contributed by atoms with Crippen molar-refractivity contribution < 1.29 is 28.5 Å². The van der Waals surface area contributed by atoms with Crippen molar-refractivity contribution in [2.45, 2.75) is 33.1 Å². The van der Waals surface area contributed by atoms with Crippen LogP contribution in [0.15, 0.2) is 0 Å². The standard InChI is InChI=1S/C17H35NO6/c1-3-5-17(19)18-6-8-21-10-12-23-14-16-24-15-13-22-11-9-20-7-4-2/h3-16H2,1-2H3,(H,18,19). The highest BCUT2D eigenvalue weighted by molar-refractivity contribution is 5.75. The van der Waals surface area contributed by atoms with Crippen LogP contribution in [0, 0.1) is 0 Å². The van der Waals surface area contributed by atoms with E-state index in [9.17, 15) is 4.79 Å². The topological polar surface area (TPSA) is 75.2 Å². The van der Waals surface area contributed by atoms with Gasteiger partial charge in [-0.2, -0.15) is 0 Å². The summed E-state index contributed by atoms with van der Waals surface area (Å²) in [6.45, 7) is 10.4. The van der Waals surface area contributed by atoms with Crippen molar-refractivity contribution in [2.24, 2.45) is 0 Å². The molecule has 0 aromatic rings. The van der Waals surface area contributed by atoms with Gasteiger partial charge in [0.1, 0.15) is 0 Å². The van der Waals surface area contributed by atoms with Gasteiger partial charge >= 0.3 is 0 Å². The Bertz CT molecular complexity index is 265. The average Bonchev–Trinajstić information content (AvgIpc) is 2.58. The highest BCUT2D eigenvalue weighted by Crippen LogP contribution is 1.86. The molecule has 0 bridgehead atoms. The van der Waals surface area contributed by atoms with E-state index in [4.69, 9.17) is 23.7 Å². The fourth-order valence-electron chi connectivity index (χ4n) is 1.70. The molecule has 0 rings (SSSR count). The third kappa shape index (κ3) is 19.3. The van der Waals surface area contributed by atoms with Crippen molar-refractivity contribution in [3.63, 3.8) is 0 Å². The van der Waals surface area contributed by atoms with Crippen molar-refractivity contribution in [1.82, 2.24) is 5.32 Å². The summed E-state index contributed by atoms with van der Waals surface area (Å²) in [6, 6.07) is 0. The molecule has 0 fully saturated rings. The van der Waals surface area contributed by atoms with Crippen LogP contribution in [0.2, 0.25) is 0 Å². The number of hydrogen-bond acceptors (Lipinski definition) is 6. The van der Waals surface area contributed by atoms with Crippen LogP contribution >= 0.6 is 0 Å². The SMILES string of the molecule is CCCOCCOCCOCCOCCOCCNC(=O)CCC. The van der Waals surface area contributed by atoms with E-state index in [1.54, 1.807) is 0 Å². The zero-order valence-electron chi connectivity index (χ0n) is 15.3. The zero-order valence-corrected chi connectivity index (χ0v) is 15.3. The molecule has 7 nitrogen and oxygen atoms in total. The first-order valence-electron chi connectivity index (χ1n) is 8.96. The summed E-state index contributed by atoms with van der Waals surface area (Å²) in [5.74, 6) is 0.0759. The van der Waals surface area contributed by atoms with Gasteiger partial charge in [-0.3, -0.25) is 4.79 Å². The minimum Gasteiger partial charge on any atom is -0.379 e. The number of ether oxygens (including phenoxy) is 5. The van der Waals surface area contributed by atoms with Crippen LogP contribution in [0.5, 0.6) is 0 Å². The van der Waals surface area contributed by atoms with Crippen LogP contribution in [0.25, 0.3) is 0 Å². The average molecular weight is 349 g/mol. The summed E-state index contributed by atoms with van der Waals surface area (Å²) in [7, 11) is 0. The molecule has 0 radical (unpaired) electrons. The molecule has 0 atom stereocenters. The molecule has 7 heteroatoms. The van der Waals surface area contributed by atoms with Crippen LogP contribution < -0.4 is 5.32 Å². The van der Waals surface area contributed by atoms with Gasteiger partial charge in [0.15, 0.2) is 0 Å². The molecule has 0 unspecified atom stereocenters. The Morgan fingerprint density at radius 1 is 0.625 bits per heavy atom. The monoisotopic (exact) mass is 349 g/mol. The van der Waals surface area contributed by atoms with E-state index in [0.29, 0.717) is 72.4 Å². The molecule has 1 amide bonds. The van der Waals surface area contributed by atoms with Crippen LogP contribution in [-0.4, -0.2) is 78.5 Å². The molecule has 0 saturated carbocycles. The number of nitrogens with one attached hydrogen (secondary N) is 1. The minimum absolute atomic E-state index is 0.0759. The lowest BCUT2D eigenvalue weighted by Gasteiger charge is -2.08. The number of carbonyl (C=O) groups excluding carboxylic acids is 1. The van der Waals surface area contributed by atoms with E-state index >= 15 is 0 Å². The minimum atomic E-state index is 0.0759. The lowest BCUT2D eigenvalue weighted by molar-refractivity contribution is -0.121. The second kappa shape index (κ2) is 20.3. The molecule has 144 valence electrons. The Morgan fingerprint density at radius 3 is 1.46 bits per heavy atom. The number of rotatable bonds is 19. The van der Waals surface area contributed by atoms with Crippen molar-refractivity contribution >= 4 is 5.91 Å². The Balaban J connectivity index is 3.01. The van der Waals surface area contributed by atoms with Gasteiger partial charge in [0.25, 0.3) is 0 Å².